The van der Waals surface area contributed by atoms with Gasteiger partial charge in [0.05, 0.1) is 11.4 Å². The van der Waals surface area contributed by atoms with Crippen LogP contribution in [0.3, 0.4) is 0 Å². The number of H-pyrrole nitrogens is 1. The Morgan fingerprint density at radius 1 is 0.974 bits per heavy atom. The molecule has 3 aromatic carbocycles. The third-order valence-corrected chi connectivity index (χ3v) is 7.53. The summed E-state index contributed by atoms with van der Waals surface area (Å²) in [5.74, 6) is -2.50. The molecule has 38 heavy (non-hydrogen) atoms. The van der Waals surface area contributed by atoms with Gasteiger partial charge in [-0.05, 0) is 60.7 Å². The average molecular weight is 554 g/mol. The van der Waals surface area contributed by atoms with Crippen molar-refractivity contribution in [2.24, 2.45) is 0 Å². The first-order chi connectivity index (χ1) is 18.2. The van der Waals surface area contributed by atoms with Gasteiger partial charge >= 0.3 is 0 Å². The summed E-state index contributed by atoms with van der Waals surface area (Å²) in [6.07, 6.45) is 1.40. The van der Waals surface area contributed by atoms with Crippen LogP contribution in [0.2, 0.25) is 5.02 Å². The van der Waals surface area contributed by atoms with Crippen molar-refractivity contribution < 1.29 is 22.0 Å². The van der Waals surface area contributed by atoms with E-state index >= 15 is 0 Å². The summed E-state index contributed by atoms with van der Waals surface area (Å²) in [5, 5.41) is 0.623. The van der Waals surface area contributed by atoms with Gasteiger partial charge in [0.1, 0.15) is 17.3 Å². The fraction of sp³-hybridized carbons (Fsp3) is 0.0370. The van der Waals surface area contributed by atoms with Gasteiger partial charge in [0, 0.05) is 38.8 Å². The molecule has 0 atom stereocenters. The number of nitrogens with one attached hydrogen (secondary N) is 2. The monoisotopic (exact) mass is 553 g/mol. The fourth-order valence-corrected chi connectivity index (χ4v) is 5.43. The standard InChI is InChI=1S/C27H18ClF2N3O4S/c28-17-8-11-23-21(14-17)24(20-7-4-12-31-26(20)34)25(33(23)15-16-13-18(29)9-10-22(16)30)27(35)32-38(36,37)19-5-2-1-3-6-19/h1-14H,15H2,(H,31,34)(H,32,35). The summed E-state index contributed by atoms with van der Waals surface area (Å²) in [6, 6.07) is 17.7. The lowest BCUT2D eigenvalue weighted by atomic mass is 10.0. The van der Waals surface area contributed by atoms with E-state index in [0.717, 1.165) is 18.2 Å². The van der Waals surface area contributed by atoms with Crippen LogP contribution in [-0.2, 0) is 16.6 Å². The number of pyridine rings is 1. The molecule has 2 N–H and O–H groups in total. The first-order valence-electron chi connectivity index (χ1n) is 11.2. The second-order valence-corrected chi connectivity index (χ2v) is 10.5. The Hall–Kier alpha value is -4.28. The van der Waals surface area contributed by atoms with Gasteiger partial charge in [-0.1, -0.05) is 29.8 Å². The van der Waals surface area contributed by atoms with Gasteiger partial charge in [0.15, 0.2) is 0 Å². The lowest BCUT2D eigenvalue weighted by molar-refractivity contribution is 0.0974. The molecule has 0 aliphatic carbocycles. The van der Waals surface area contributed by atoms with Gasteiger partial charge in [0.25, 0.3) is 21.5 Å². The molecule has 0 unspecified atom stereocenters. The topological polar surface area (TPSA) is 101 Å². The lowest BCUT2D eigenvalue weighted by Crippen LogP contribution is -2.33. The largest absolute Gasteiger partial charge is 0.331 e. The van der Waals surface area contributed by atoms with Crippen LogP contribution in [-0.4, -0.2) is 23.9 Å². The quantitative estimate of drug-likeness (QED) is 0.306. The number of aromatic nitrogens is 2. The summed E-state index contributed by atoms with van der Waals surface area (Å²) in [4.78, 5) is 28.9. The maximum Gasteiger partial charge on any atom is 0.282 e. The van der Waals surface area contributed by atoms with Gasteiger partial charge in [0.2, 0.25) is 0 Å². The molecule has 0 aliphatic heterocycles. The lowest BCUT2D eigenvalue weighted by Gasteiger charge is -2.14. The van der Waals surface area contributed by atoms with Crippen molar-refractivity contribution >= 4 is 38.4 Å². The highest BCUT2D eigenvalue weighted by Crippen LogP contribution is 2.36. The number of fused-ring (bicyclic) bond motifs is 1. The Bertz CT molecular complexity index is 1870. The molecule has 2 heterocycles. The number of benzene rings is 3. The van der Waals surface area contributed by atoms with Crippen LogP contribution in [0, 0.1) is 11.6 Å². The van der Waals surface area contributed by atoms with Gasteiger partial charge < -0.3 is 9.55 Å². The molecule has 0 bridgehead atoms. The minimum Gasteiger partial charge on any atom is -0.331 e. The number of carbonyl (C=O) groups excluding carboxylic acids is 1. The predicted octanol–water partition coefficient (Wildman–Crippen LogP) is 5.10. The van der Waals surface area contributed by atoms with Crippen molar-refractivity contribution in [1.82, 2.24) is 14.3 Å². The maximum absolute atomic E-state index is 14.7. The number of carbonyl (C=O) groups is 1. The molecule has 1 amide bonds. The van der Waals surface area contributed by atoms with Crippen LogP contribution >= 0.6 is 11.6 Å². The van der Waals surface area contributed by atoms with E-state index in [2.05, 4.69) is 4.98 Å². The van der Waals surface area contributed by atoms with Crippen molar-refractivity contribution in [3.8, 4) is 11.1 Å². The molecule has 0 spiro atoms. The summed E-state index contributed by atoms with van der Waals surface area (Å²) in [6.45, 7) is -0.347. The molecule has 0 radical (unpaired) electrons. The van der Waals surface area contributed by atoms with Crippen molar-refractivity contribution in [3.05, 3.63) is 123 Å². The van der Waals surface area contributed by atoms with Crippen LogP contribution in [0.1, 0.15) is 16.1 Å². The van der Waals surface area contributed by atoms with Crippen LogP contribution in [0.5, 0.6) is 0 Å². The zero-order valence-electron chi connectivity index (χ0n) is 19.4. The average Bonchev–Trinajstić information content (AvgIpc) is 3.19. The van der Waals surface area contributed by atoms with Gasteiger partial charge in [-0.2, -0.15) is 0 Å². The van der Waals surface area contributed by atoms with E-state index in [1.165, 1.54) is 53.2 Å². The Morgan fingerprint density at radius 3 is 2.47 bits per heavy atom. The van der Waals surface area contributed by atoms with Gasteiger partial charge in [-0.15, -0.1) is 0 Å². The van der Waals surface area contributed by atoms with Gasteiger partial charge in [-0.3, -0.25) is 9.59 Å². The molecule has 7 nitrogen and oxygen atoms in total. The molecule has 192 valence electrons. The zero-order valence-corrected chi connectivity index (χ0v) is 21.0. The van der Waals surface area contributed by atoms with Crippen LogP contribution in [0.4, 0.5) is 8.78 Å². The molecular formula is C27H18ClF2N3O4S. The van der Waals surface area contributed by atoms with Crippen molar-refractivity contribution in [3.63, 3.8) is 0 Å². The number of sulfonamides is 1. The highest BCUT2D eigenvalue weighted by molar-refractivity contribution is 7.90. The van der Waals surface area contributed by atoms with E-state index in [1.807, 2.05) is 4.72 Å². The molecule has 0 saturated carbocycles. The normalized spacial score (nSPS) is 11.6. The Kier molecular flexibility index (Phi) is 6.60. The van der Waals surface area contributed by atoms with Crippen LogP contribution in [0.25, 0.3) is 22.0 Å². The summed E-state index contributed by atoms with van der Waals surface area (Å²) >= 11 is 6.25. The number of hydrogen-bond donors (Lipinski definition) is 2. The van der Waals surface area contributed by atoms with Crippen molar-refractivity contribution in [1.29, 1.82) is 0 Å². The Balaban J connectivity index is 1.80. The zero-order chi connectivity index (χ0) is 27.0. The first kappa shape index (κ1) is 25.4. The summed E-state index contributed by atoms with van der Waals surface area (Å²) in [7, 11) is -4.33. The van der Waals surface area contributed by atoms with Crippen LogP contribution in [0.15, 0.2) is 94.7 Å². The summed E-state index contributed by atoms with van der Waals surface area (Å²) < 4.78 is 58.1. The molecule has 5 aromatic rings. The smallest absolute Gasteiger partial charge is 0.282 e. The first-order valence-corrected chi connectivity index (χ1v) is 13.1. The predicted molar refractivity (Wildman–Crippen MR) is 140 cm³/mol. The van der Waals surface area contributed by atoms with E-state index < -0.39 is 33.1 Å². The summed E-state index contributed by atoms with van der Waals surface area (Å²) in [5.41, 5.74) is -0.406. The second-order valence-electron chi connectivity index (χ2n) is 8.37. The minimum atomic E-state index is -4.33. The van der Waals surface area contributed by atoms with Gasteiger partial charge in [-0.25, -0.2) is 21.9 Å². The molecule has 0 aliphatic rings. The number of rotatable bonds is 6. The van der Waals surface area contributed by atoms with E-state index in [-0.39, 0.29) is 38.8 Å². The molecule has 5 rings (SSSR count). The maximum atomic E-state index is 14.7. The SMILES string of the molecule is O=C(NS(=O)(=O)c1ccccc1)c1c(-c2ccc[nH]c2=O)c2cc(Cl)ccc2n1Cc1cc(F)ccc1F. The third kappa shape index (κ3) is 4.71. The van der Waals surface area contributed by atoms with Crippen molar-refractivity contribution in [2.45, 2.75) is 11.4 Å². The number of halogens is 3. The minimum absolute atomic E-state index is 0.0560. The highest BCUT2D eigenvalue weighted by atomic mass is 35.5. The van der Waals surface area contributed by atoms with E-state index in [1.54, 1.807) is 18.2 Å². The number of hydrogen-bond acceptors (Lipinski definition) is 4. The fourth-order valence-electron chi connectivity index (χ4n) is 4.28. The van der Waals surface area contributed by atoms with Crippen LogP contribution < -0.4 is 10.3 Å². The molecule has 2 aromatic heterocycles. The number of aromatic amines is 1. The molecule has 0 fully saturated rings. The molecule has 0 saturated heterocycles. The number of nitrogens with zero attached hydrogens (tertiary/aromatic N) is 1. The highest BCUT2D eigenvalue weighted by Gasteiger charge is 2.29. The van der Waals surface area contributed by atoms with E-state index in [9.17, 15) is 26.8 Å². The number of amides is 1. The van der Waals surface area contributed by atoms with E-state index in [4.69, 9.17) is 11.6 Å². The van der Waals surface area contributed by atoms with Crippen molar-refractivity contribution in [2.75, 3.05) is 0 Å². The Labute approximate surface area is 220 Å². The molecule has 11 heteroatoms. The third-order valence-electron chi connectivity index (χ3n) is 5.94. The molecular weight excluding hydrogens is 536 g/mol. The Morgan fingerprint density at radius 2 is 1.74 bits per heavy atom. The van der Waals surface area contributed by atoms with E-state index in [0.29, 0.717) is 10.9 Å². The second kappa shape index (κ2) is 9.88.